The van der Waals surface area contributed by atoms with Gasteiger partial charge in [0.2, 0.25) is 10.0 Å². The Morgan fingerprint density at radius 3 is 2.63 bits per heavy atom. The molecule has 0 N–H and O–H groups in total. The highest BCUT2D eigenvalue weighted by Crippen LogP contribution is 2.28. The average molecular weight is 350 g/mol. The maximum absolute atomic E-state index is 12.9. The lowest BCUT2D eigenvalue weighted by atomic mass is 10.1. The first-order chi connectivity index (χ1) is 9.05. The van der Waals surface area contributed by atoms with Gasteiger partial charge >= 0.3 is 0 Å². The van der Waals surface area contributed by atoms with Crippen LogP contribution in [-0.4, -0.2) is 30.6 Å². The van der Waals surface area contributed by atoms with Crippen molar-refractivity contribution in [2.45, 2.75) is 36.6 Å². The van der Waals surface area contributed by atoms with Gasteiger partial charge in [-0.3, -0.25) is 0 Å². The van der Waals surface area contributed by atoms with Crippen molar-refractivity contribution < 1.29 is 12.8 Å². The fraction of sp³-hybridized carbons (Fsp3) is 0.538. The van der Waals surface area contributed by atoms with Crippen molar-refractivity contribution >= 4 is 26.0 Å². The first-order valence-corrected chi connectivity index (χ1v) is 8.95. The third-order valence-electron chi connectivity index (χ3n) is 3.41. The Balaban J connectivity index is 2.21. The summed E-state index contributed by atoms with van der Waals surface area (Å²) >= 11 is 3.37. The molecule has 1 fully saturated rings. The molecule has 3 nitrogen and oxygen atoms in total. The quantitative estimate of drug-likeness (QED) is 0.765. The minimum atomic E-state index is -3.48. The van der Waals surface area contributed by atoms with Gasteiger partial charge in [-0.05, 0) is 49.9 Å². The van der Waals surface area contributed by atoms with Crippen molar-refractivity contribution in [2.24, 2.45) is 0 Å². The van der Waals surface area contributed by atoms with Gasteiger partial charge < -0.3 is 0 Å². The molecule has 1 aliphatic rings. The van der Waals surface area contributed by atoms with E-state index in [-0.39, 0.29) is 10.9 Å². The van der Waals surface area contributed by atoms with Crippen LogP contribution in [0.3, 0.4) is 0 Å². The highest BCUT2D eigenvalue weighted by Gasteiger charge is 2.34. The van der Waals surface area contributed by atoms with E-state index in [9.17, 15) is 12.8 Å². The number of benzene rings is 1. The summed E-state index contributed by atoms with van der Waals surface area (Å²) in [6.45, 7) is 0.562. The SMILES string of the molecule is O=S(=O)(c1ccc(F)cc1)N1CCCC1CCCBr. The van der Waals surface area contributed by atoms with Gasteiger partial charge in [0.15, 0.2) is 0 Å². The molecule has 0 amide bonds. The Morgan fingerprint density at radius 1 is 1.32 bits per heavy atom. The lowest BCUT2D eigenvalue weighted by Gasteiger charge is -2.23. The third-order valence-corrected chi connectivity index (χ3v) is 5.94. The van der Waals surface area contributed by atoms with E-state index in [2.05, 4.69) is 15.9 Å². The van der Waals surface area contributed by atoms with Crippen molar-refractivity contribution in [3.8, 4) is 0 Å². The van der Waals surface area contributed by atoms with E-state index in [0.29, 0.717) is 6.54 Å². The molecule has 1 unspecified atom stereocenters. The summed E-state index contributed by atoms with van der Waals surface area (Å²) in [7, 11) is -3.48. The average Bonchev–Trinajstić information content (AvgIpc) is 2.86. The van der Waals surface area contributed by atoms with Gasteiger partial charge in [-0.25, -0.2) is 12.8 Å². The largest absolute Gasteiger partial charge is 0.243 e. The highest BCUT2D eigenvalue weighted by atomic mass is 79.9. The standard InChI is InChI=1S/C13H17BrFNO2S/c14-9-1-3-12-4-2-10-16(12)19(17,18)13-7-5-11(15)6-8-13/h5-8,12H,1-4,9-10H2. The lowest BCUT2D eigenvalue weighted by molar-refractivity contribution is 0.369. The smallest absolute Gasteiger partial charge is 0.207 e. The molecule has 0 radical (unpaired) electrons. The third kappa shape index (κ3) is 3.35. The zero-order chi connectivity index (χ0) is 13.9. The summed E-state index contributed by atoms with van der Waals surface area (Å²) in [5.41, 5.74) is 0. The van der Waals surface area contributed by atoms with Crippen molar-refractivity contribution in [1.29, 1.82) is 0 Å². The zero-order valence-corrected chi connectivity index (χ0v) is 13.0. The monoisotopic (exact) mass is 349 g/mol. The van der Waals surface area contributed by atoms with Crippen LogP contribution in [0, 0.1) is 5.82 Å². The van der Waals surface area contributed by atoms with Crippen LogP contribution in [-0.2, 0) is 10.0 Å². The van der Waals surface area contributed by atoms with Crippen LogP contribution in [0.4, 0.5) is 4.39 Å². The molecule has 1 atom stereocenters. The Morgan fingerprint density at radius 2 is 2.00 bits per heavy atom. The Bertz CT molecular complexity index is 518. The number of sulfonamides is 1. The van der Waals surface area contributed by atoms with Gasteiger partial charge in [-0.1, -0.05) is 15.9 Å². The lowest BCUT2D eigenvalue weighted by Crippen LogP contribution is -2.35. The fourth-order valence-corrected chi connectivity index (χ4v) is 4.52. The molecule has 1 aliphatic heterocycles. The number of alkyl halides is 1. The number of hydrogen-bond donors (Lipinski definition) is 0. The molecule has 1 heterocycles. The van der Waals surface area contributed by atoms with E-state index in [0.717, 1.165) is 31.0 Å². The first-order valence-electron chi connectivity index (χ1n) is 6.39. The van der Waals surface area contributed by atoms with E-state index in [1.807, 2.05) is 0 Å². The molecule has 1 saturated heterocycles. The molecule has 0 aromatic heterocycles. The molecule has 2 rings (SSSR count). The van der Waals surface area contributed by atoms with E-state index >= 15 is 0 Å². The summed E-state index contributed by atoms with van der Waals surface area (Å²) < 4.78 is 39.5. The minimum Gasteiger partial charge on any atom is -0.207 e. The Hall–Kier alpha value is -0.460. The molecular weight excluding hydrogens is 333 g/mol. The van der Waals surface area contributed by atoms with E-state index in [1.165, 1.54) is 24.3 Å². The molecule has 19 heavy (non-hydrogen) atoms. The molecule has 6 heteroatoms. The highest BCUT2D eigenvalue weighted by molar-refractivity contribution is 9.09. The molecule has 1 aromatic carbocycles. The minimum absolute atomic E-state index is 0.0765. The second-order valence-corrected chi connectivity index (χ2v) is 7.38. The zero-order valence-electron chi connectivity index (χ0n) is 10.6. The predicted molar refractivity (Wildman–Crippen MR) is 76.3 cm³/mol. The molecule has 1 aromatic rings. The van der Waals surface area contributed by atoms with Gasteiger partial charge in [-0.2, -0.15) is 4.31 Å². The van der Waals surface area contributed by atoms with Gasteiger partial charge in [0.1, 0.15) is 5.82 Å². The van der Waals surface area contributed by atoms with E-state index in [1.54, 1.807) is 4.31 Å². The van der Waals surface area contributed by atoms with Crippen LogP contribution in [0.1, 0.15) is 25.7 Å². The Labute approximate surface area is 122 Å². The number of nitrogens with zero attached hydrogens (tertiary/aromatic N) is 1. The van der Waals surface area contributed by atoms with Crippen molar-refractivity contribution in [2.75, 3.05) is 11.9 Å². The van der Waals surface area contributed by atoms with Crippen LogP contribution in [0.5, 0.6) is 0 Å². The maximum Gasteiger partial charge on any atom is 0.243 e. The summed E-state index contributed by atoms with van der Waals surface area (Å²) in [5.74, 6) is -0.420. The summed E-state index contributed by atoms with van der Waals surface area (Å²) in [4.78, 5) is 0.180. The second kappa shape index (κ2) is 6.33. The molecule has 0 saturated carbocycles. The van der Waals surface area contributed by atoms with Crippen LogP contribution >= 0.6 is 15.9 Å². The van der Waals surface area contributed by atoms with Crippen molar-refractivity contribution in [3.05, 3.63) is 30.1 Å². The van der Waals surface area contributed by atoms with Gasteiger partial charge in [-0.15, -0.1) is 0 Å². The normalized spacial score (nSPS) is 20.8. The molecule has 0 spiro atoms. The van der Waals surface area contributed by atoms with Crippen molar-refractivity contribution in [1.82, 2.24) is 4.31 Å². The van der Waals surface area contributed by atoms with Gasteiger partial charge in [0, 0.05) is 17.9 Å². The summed E-state index contributed by atoms with van der Waals surface area (Å²) in [5, 5.41) is 0.883. The van der Waals surface area contributed by atoms with E-state index < -0.39 is 15.8 Å². The van der Waals surface area contributed by atoms with Crippen LogP contribution < -0.4 is 0 Å². The maximum atomic E-state index is 12.9. The number of hydrogen-bond acceptors (Lipinski definition) is 2. The Kier molecular flexibility index (Phi) is 4.97. The number of rotatable bonds is 5. The molecule has 0 bridgehead atoms. The van der Waals surface area contributed by atoms with Crippen molar-refractivity contribution in [3.63, 3.8) is 0 Å². The summed E-state index contributed by atoms with van der Waals surface area (Å²) in [6.07, 6.45) is 3.63. The topological polar surface area (TPSA) is 37.4 Å². The molecule has 106 valence electrons. The van der Waals surface area contributed by atoms with Gasteiger partial charge in [0.25, 0.3) is 0 Å². The number of halogens is 2. The van der Waals surface area contributed by atoms with E-state index in [4.69, 9.17) is 0 Å². The molecular formula is C13H17BrFNO2S. The van der Waals surface area contributed by atoms with Crippen LogP contribution in [0.25, 0.3) is 0 Å². The van der Waals surface area contributed by atoms with Gasteiger partial charge in [0.05, 0.1) is 4.90 Å². The summed E-state index contributed by atoms with van der Waals surface area (Å²) in [6, 6.07) is 5.13. The second-order valence-electron chi connectivity index (χ2n) is 4.70. The first kappa shape index (κ1) is 14.9. The fourth-order valence-electron chi connectivity index (χ4n) is 2.47. The van der Waals surface area contributed by atoms with Crippen LogP contribution in [0.2, 0.25) is 0 Å². The van der Waals surface area contributed by atoms with Crippen LogP contribution in [0.15, 0.2) is 29.2 Å². The predicted octanol–water partition coefficient (Wildman–Crippen LogP) is 3.15. The molecule has 0 aliphatic carbocycles.